The molecule has 0 radical (unpaired) electrons. The smallest absolute Gasteiger partial charge is 0.323 e. The average Bonchev–Trinajstić information content (AvgIpc) is 4.00. The lowest BCUT2D eigenvalue weighted by atomic mass is 9.78. The van der Waals surface area contributed by atoms with Crippen LogP contribution in [0.3, 0.4) is 0 Å². The Morgan fingerprint density at radius 3 is 2.27 bits per heavy atom. The molecule has 5 aromatic rings. The molecule has 1 saturated carbocycles. The van der Waals surface area contributed by atoms with Crippen LogP contribution in [-0.2, 0) is 31.0 Å². The zero-order valence-electron chi connectivity index (χ0n) is 39.7. The normalized spacial score (nSPS) is 14.3. The molecule has 0 bridgehead atoms. The van der Waals surface area contributed by atoms with Crippen LogP contribution in [0.2, 0.25) is 0 Å². The molecule has 1 aromatic heterocycles. The fourth-order valence-corrected chi connectivity index (χ4v) is 7.71. The molecule has 17 nitrogen and oxygen atoms in total. The zero-order valence-corrected chi connectivity index (χ0v) is 39.7. The van der Waals surface area contributed by atoms with Gasteiger partial charge in [-0.15, -0.1) is 0 Å². The molecule has 0 spiro atoms. The molecule has 1 fully saturated rings. The van der Waals surface area contributed by atoms with E-state index in [1.165, 1.54) is 13.5 Å². The van der Waals surface area contributed by atoms with Crippen molar-refractivity contribution in [1.29, 1.82) is 0 Å². The Morgan fingerprint density at radius 2 is 1.55 bits per heavy atom. The molecule has 4 aromatic carbocycles. The number of carbonyl (C=O) groups is 3. The largest absolute Gasteiger partial charge is 0.497 e. The van der Waals surface area contributed by atoms with Crippen LogP contribution < -0.4 is 40.8 Å². The van der Waals surface area contributed by atoms with Gasteiger partial charge in [0.05, 0.1) is 65.2 Å². The van der Waals surface area contributed by atoms with Crippen molar-refractivity contribution in [1.82, 2.24) is 25.5 Å². The van der Waals surface area contributed by atoms with Crippen molar-refractivity contribution >= 4 is 51.6 Å². The first-order valence-electron chi connectivity index (χ1n) is 22.4. The van der Waals surface area contributed by atoms with E-state index in [1.807, 2.05) is 49.3 Å². The number of likely N-dealkylation sites (N-methyl/N-ethyl adjacent to an activating group) is 1. The van der Waals surface area contributed by atoms with Crippen molar-refractivity contribution in [3.05, 3.63) is 95.7 Å². The average molecular weight is 921 g/mol. The summed E-state index contributed by atoms with van der Waals surface area (Å²) in [5.41, 5.74) is 3.54. The maximum Gasteiger partial charge on any atom is 0.323 e. The van der Waals surface area contributed by atoms with Gasteiger partial charge in [-0.05, 0) is 86.1 Å². The molecule has 1 aliphatic carbocycles. The van der Waals surface area contributed by atoms with Gasteiger partial charge in [-0.1, -0.05) is 45.0 Å². The van der Waals surface area contributed by atoms with Crippen molar-refractivity contribution in [3.63, 3.8) is 0 Å². The van der Waals surface area contributed by atoms with Gasteiger partial charge in [0.2, 0.25) is 17.7 Å². The summed E-state index contributed by atoms with van der Waals surface area (Å²) >= 11 is 0. The minimum atomic E-state index is -0.472. The fraction of sp³-hybridized carbons (Fsp3) is 0.420. The van der Waals surface area contributed by atoms with Crippen LogP contribution in [0.5, 0.6) is 23.1 Å². The van der Waals surface area contributed by atoms with Gasteiger partial charge in [0.1, 0.15) is 17.2 Å². The van der Waals surface area contributed by atoms with Crippen LogP contribution in [0.15, 0.2) is 79.0 Å². The van der Waals surface area contributed by atoms with Crippen LogP contribution in [0.4, 0.5) is 27.8 Å². The van der Waals surface area contributed by atoms with Gasteiger partial charge in [0.25, 0.3) is 5.91 Å². The Labute approximate surface area is 392 Å². The Hall–Kier alpha value is -6.53. The summed E-state index contributed by atoms with van der Waals surface area (Å²) in [6, 6.07) is 21.3. The van der Waals surface area contributed by atoms with Crippen LogP contribution in [-0.4, -0.2) is 114 Å². The monoisotopic (exact) mass is 920 g/mol. The van der Waals surface area contributed by atoms with Crippen molar-refractivity contribution < 1.29 is 42.8 Å². The van der Waals surface area contributed by atoms with Crippen molar-refractivity contribution in [2.45, 2.75) is 45.6 Å². The summed E-state index contributed by atoms with van der Waals surface area (Å²) in [5.74, 6) is 2.81. The van der Waals surface area contributed by atoms with E-state index in [2.05, 4.69) is 63.4 Å². The van der Waals surface area contributed by atoms with Crippen LogP contribution in [0, 0.1) is 11.8 Å². The molecule has 4 amide bonds. The number of nitrogens with one attached hydrogen (secondary N) is 5. The molecule has 67 heavy (non-hydrogen) atoms. The maximum atomic E-state index is 13.9. The first-order chi connectivity index (χ1) is 32.3. The highest BCUT2D eigenvalue weighted by atomic mass is 16.5. The van der Waals surface area contributed by atoms with E-state index in [1.54, 1.807) is 56.8 Å². The van der Waals surface area contributed by atoms with Crippen molar-refractivity contribution in [2.24, 2.45) is 11.8 Å². The molecule has 17 heteroatoms. The number of nitrogens with zero attached hydrogens (tertiary/aromatic N) is 3. The number of ether oxygens (including phenoxy) is 6. The first kappa shape index (κ1) is 49.9. The predicted octanol–water partition coefficient (Wildman–Crippen LogP) is 7.74. The standard InChI is InChI=1S/C50H64N8O9/c1-32-23-34(32)29-50(2,3)36-24-35(30-53-44(59)31-58(4)5)46(64-8)42(27-36)56-49(61)55-41-13-14-43(40-12-10-9-11-39(40)41)67-45-15-16-52-48(57-45)54-37-25-33(26-38(28-37)63-7)47(60)51-17-18-65-21-22-66-20-19-62-6/h9-16,24-28,32,34H,17-23,29-31H2,1-8H3,(H,51,60)(H,53,59)(H,52,54,57)(H2,55,56,61). The Bertz CT molecular complexity index is 2480. The highest BCUT2D eigenvalue weighted by Crippen LogP contribution is 2.48. The van der Waals surface area contributed by atoms with E-state index in [0.717, 1.165) is 28.3 Å². The summed E-state index contributed by atoms with van der Waals surface area (Å²) in [5, 5.41) is 16.6. The number of methoxy groups -OCH3 is 3. The number of hydrogen-bond acceptors (Lipinski definition) is 13. The second-order valence-corrected chi connectivity index (χ2v) is 17.4. The summed E-state index contributed by atoms with van der Waals surface area (Å²) in [7, 11) is 8.38. The predicted molar refractivity (Wildman–Crippen MR) is 259 cm³/mol. The van der Waals surface area contributed by atoms with Crippen LogP contribution >= 0.6 is 0 Å². The summed E-state index contributed by atoms with van der Waals surface area (Å²) in [6.45, 7) is 9.68. The Kier molecular flexibility index (Phi) is 17.7. The lowest BCUT2D eigenvalue weighted by Gasteiger charge is -2.28. The second-order valence-electron chi connectivity index (χ2n) is 17.4. The van der Waals surface area contributed by atoms with Gasteiger partial charge in [0.15, 0.2) is 0 Å². The fourth-order valence-electron chi connectivity index (χ4n) is 7.71. The van der Waals surface area contributed by atoms with Crippen molar-refractivity contribution in [2.75, 3.05) is 97.5 Å². The third kappa shape index (κ3) is 14.5. The van der Waals surface area contributed by atoms with Crippen molar-refractivity contribution in [3.8, 4) is 23.1 Å². The number of rotatable bonds is 25. The van der Waals surface area contributed by atoms with E-state index in [0.29, 0.717) is 91.3 Å². The Morgan fingerprint density at radius 1 is 0.821 bits per heavy atom. The van der Waals surface area contributed by atoms with Gasteiger partial charge in [-0.3, -0.25) is 9.59 Å². The van der Waals surface area contributed by atoms with Crippen LogP contribution in [0.1, 0.15) is 55.1 Å². The maximum absolute atomic E-state index is 13.9. The van der Waals surface area contributed by atoms with E-state index in [4.69, 9.17) is 28.4 Å². The number of benzene rings is 4. The molecular formula is C50H64N8O9. The van der Waals surface area contributed by atoms with E-state index in [9.17, 15) is 14.4 Å². The van der Waals surface area contributed by atoms with Gasteiger partial charge in [-0.2, -0.15) is 4.98 Å². The lowest BCUT2D eigenvalue weighted by molar-refractivity contribution is -0.121. The molecule has 358 valence electrons. The number of fused-ring (bicyclic) bond motifs is 1. The molecule has 2 unspecified atom stereocenters. The molecule has 2 atom stereocenters. The molecule has 5 N–H and O–H groups in total. The molecule has 1 aliphatic rings. The van der Waals surface area contributed by atoms with E-state index in [-0.39, 0.29) is 42.1 Å². The van der Waals surface area contributed by atoms with Gasteiger partial charge >= 0.3 is 6.03 Å². The number of urea groups is 1. The van der Waals surface area contributed by atoms with Crippen LogP contribution in [0.25, 0.3) is 10.8 Å². The third-order valence-corrected chi connectivity index (χ3v) is 11.4. The molecular weight excluding hydrogens is 857 g/mol. The molecule has 6 rings (SSSR count). The number of amides is 4. The topological polar surface area (TPSA) is 196 Å². The van der Waals surface area contributed by atoms with Gasteiger partial charge in [0, 0.05) is 66.1 Å². The number of anilines is 4. The summed E-state index contributed by atoms with van der Waals surface area (Å²) < 4.78 is 33.6. The second kappa shape index (κ2) is 23.8. The van der Waals surface area contributed by atoms with E-state index < -0.39 is 6.03 Å². The Balaban J connectivity index is 1.14. The molecule has 0 saturated heterocycles. The third-order valence-electron chi connectivity index (χ3n) is 11.4. The lowest BCUT2D eigenvalue weighted by Crippen LogP contribution is -2.33. The highest BCUT2D eigenvalue weighted by molar-refractivity contribution is 6.08. The van der Waals surface area contributed by atoms with Gasteiger partial charge in [-0.25, -0.2) is 9.78 Å². The zero-order chi connectivity index (χ0) is 47.9. The summed E-state index contributed by atoms with van der Waals surface area (Å²) in [6.07, 6.45) is 3.76. The highest BCUT2D eigenvalue weighted by Gasteiger charge is 2.38. The molecule has 1 heterocycles. The summed E-state index contributed by atoms with van der Waals surface area (Å²) in [4.78, 5) is 50.4. The number of hydrogen-bond donors (Lipinski definition) is 5. The minimum absolute atomic E-state index is 0.118. The number of aromatic nitrogens is 2. The van der Waals surface area contributed by atoms with Gasteiger partial charge < -0.3 is 59.9 Å². The minimum Gasteiger partial charge on any atom is -0.497 e. The van der Waals surface area contributed by atoms with E-state index >= 15 is 0 Å². The molecule has 0 aliphatic heterocycles. The SMILES string of the molecule is COCCOCCOCCNC(=O)c1cc(Nc2nccc(Oc3ccc(NC(=O)Nc4cc(C(C)(C)CC5CC5C)cc(CNC(=O)CN(C)C)c4OC)c4ccccc34)n2)cc(OC)c1. The first-order valence-corrected chi connectivity index (χ1v) is 22.4. The quantitative estimate of drug-likeness (QED) is 0.0357. The number of carbonyl (C=O) groups excluding carboxylic acids is 3.